The van der Waals surface area contributed by atoms with E-state index in [-0.39, 0.29) is 22.4 Å². The van der Waals surface area contributed by atoms with Crippen LogP contribution in [0.1, 0.15) is 54.1 Å². The molecule has 4 aromatic rings. The monoisotopic (exact) mass is 650 g/mol. The summed E-state index contributed by atoms with van der Waals surface area (Å²) in [6.45, 7) is 16.2. The lowest BCUT2D eigenvalue weighted by Gasteiger charge is -2.30. The summed E-state index contributed by atoms with van der Waals surface area (Å²) < 4.78 is 11.4. The van der Waals surface area contributed by atoms with Crippen molar-refractivity contribution >= 4 is 78.5 Å². The van der Waals surface area contributed by atoms with Gasteiger partial charge in [-0.05, 0) is 34.4 Å². The van der Waals surface area contributed by atoms with Crippen LogP contribution in [-0.4, -0.2) is 25.8 Å². The number of fused-ring (bicyclic) bond motifs is 5. The second kappa shape index (κ2) is 10.6. The number of methoxy groups -OCH3 is 2. The largest absolute Gasteiger partial charge is 0.495 e. The summed E-state index contributed by atoms with van der Waals surface area (Å²) in [6.07, 6.45) is 2.25. The highest BCUT2D eigenvalue weighted by Gasteiger charge is 2.48. The zero-order chi connectivity index (χ0) is 31.6. The van der Waals surface area contributed by atoms with Crippen molar-refractivity contribution in [2.24, 2.45) is 9.98 Å². The molecule has 4 aromatic heterocycles. The Kier molecular flexibility index (Phi) is 7.08. The molecule has 12 heteroatoms. The van der Waals surface area contributed by atoms with Crippen LogP contribution in [-0.2, 0) is 10.8 Å². The smallest absolute Gasteiger partial charge is 0.350 e. The summed E-state index contributed by atoms with van der Waals surface area (Å²) in [5, 5.41) is 28.6. The SMILES string of the molecule is [C-]#[N+]C(C#N)=Nc1cc(OC)c(-c2cc3c(s2)-c2sc4c(c2C3(C)C)C(C)(C)C(c2sc(N=C(C#N)C#N)cc2OC)=C4)s1. The van der Waals surface area contributed by atoms with Gasteiger partial charge >= 0.3 is 5.84 Å². The van der Waals surface area contributed by atoms with E-state index in [2.05, 4.69) is 54.7 Å². The first-order chi connectivity index (χ1) is 21.0. The van der Waals surface area contributed by atoms with Crippen LogP contribution in [0.15, 0.2) is 28.2 Å². The van der Waals surface area contributed by atoms with E-state index in [1.165, 1.54) is 54.0 Å². The number of aliphatic imine (C=N–C) groups is 2. The molecule has 0 aliphatic heterocycles. The van der Waals surface area contributed by atoms with Crippen LogP contribution in [0.25, 0.3) is 36.0 Å². The third-order valence-corrected chi connectivity index (χ3v) is 12.5. The summed E-state index contributed by atoms with van der Waals surface area (Å²) >= 11 is 6.36. The van der Waals surface area contributed by atoms with Crippen molar-refractivity contribution in [2.45, 2.75) is 38.5 Å². The first kappa shape index (κ1) is 29.5. The minimum Gasteiger partial charge on any atom is -0.495 e. The van der Waals surface area contributed by atoms with Crippen molar-refractivity contribution in [2.75, 3.05) is 14.2 Å². The molecular weight excluding hydrogens is 629 g/mol. The van der Waals surface area contributed by atoms with Crippen molar-refractivity contribution in [1.29, 1.82) is 15.8 Å². The zero-order valence-electron chi connectivity index (χ0n) is 24.4. The highest BCUT2D eigenvalue weighted by molar-refractivity contribution is 7.28. The van der Waals surface area contributed by atoms with Gasteiger partial charge in [0.1, 0.15) is 34.7 Å². The Balaban J connectivity index is 1.44. The van der Waals surface area contributed by atoms with E-state index < -0.39 is 0 Å². The number of hydrogen-bond donors (Lipinski definition) is 0. The second-order valence-electron chi connectivity index (χ2n) is 11.0. The highest BCUT2D eigenvalue weighted by atomic mass is 32.1. The molecule has 0 bridgehead atoms. The molecule has 44 heavy (non-hydrogen) atoms. The third-order valence-electron chi connectivity index (χ3n) is 7.88. The molecule has 4 heterocycles. The van der Waals surface area contributed by atoms with Crippen molar-refractivity contribution in [1.82, 2.24) is 0 Å². The van der Waals surface area contributed by atoms with Gasteiger partial charge < -0.3 is 14.3 Å². The predicted molar refractivity (Wildman–Crippen MR) is 179 cm³/mol. The Labute approximate surface area is 270 Å². The Morgan fingerprint density at radius 1 is 0.773 bits per heavy atom. The maximum Gasteiger partial charge on any atom is 0.350 e. The molecule has 0 aromatic carbocycles. The number of hydrogen-bond acceptors (Lipinski definition) is 11. The quantitative estimate of drug-likeness (QED) is 0.117. The average molecular weight is 651 g/mol. The summed E-state index contributed by atoms with van der Waals surface area (Å²) in [4.78, 5) is 18.3. The van der Waals surface area contributed by atoms with Crippen LogP contribution < -0.4 is 9.47 Å². The van der Waals surface area contributed by atoms with Crippen molar-refractivity contribution in [3.05, 3.63) is 56.1 Å². The number of nitriles is 3. The Hall–Kier alpha value is -4.56. The first-order valence-corrected chi connectivity index (χ1v) is 16.4. The fourth-order valence-electron chi connectivity index (χ4n) is 5.85. The third kappa shape index (κ3) is 4.31. The number of nitrogens with zero attached hydrogens (tertiary/aromatic N) is 6. The molecular formula is C32H22N6O2S4. The molecule has 8 nitrogen and oxygen atoms in total. The lowest BCUT2D eigenvalue weighted by molar-refractivity contribution is 0.415. The van der Waals surface area contributed by atoms with Gasteiger partial charge in [-0.15, -0.1) is 34.0 Å². The molecule has 0 radical (unpaired) electrons. The molecule has 0 N–H and O–H groups in total. The van der Waals surface area contributed by atoms with Crippen LogP contribution >= 0.6 is 45.3 Å². The number of ether oxygens (including phenoxy) is 2. The van der Waals surface area contributed by atoms with Gasteiger partial charge in [-0.25, -0.2) is 10.3 Å². The molecule has 0 atom stereocenters. The lowest BCUT2D eigenvalue weighted by Crippen LogP contribution is -2.23. The van der Waals surface area contributed by atoms with E-state index in [9.17, 15) is 10.5 Å². The topological polar surface area (TPSA) is 119 Å². The van der Waals surface area contributed by atoms with E-state index in [0.29, 0.717) is 21.5 Å². The van der Waals surface area contributed by atoms with Crippen molar-refractivity contribution in [3.63, 3.8) is 0 Å². The van der Waals surface area contributed by atoms with Crippen molar-refractivity contribution < 1.29 is 9.47 Å². The van der Waals surface area contributed by atoms with Gasteiger partial charge in [-0.3, -0.25) is 0 Å². The van der Waals surface area contributed by atoms with Gasteiger partial charge in [0.2, 0.25) is 10.7 Å². The molecule has 0 unspecified atom stereocenters. The molecule has 0 amide bonds. The first-order valence-electron chi connectivity index (χ1n) is 13.2. The fourth-order valence-corrected chi connectivity index (χ4v) is 11.2. The highest BCUT2D eigenvalue weighted by Crippen LogP contribution is 2.65. The minimum absolute atomic E-state index is 0.191. The second-order valence-corrected chi connectivity index (χ2v) is 15.2. The summed E-state index contributed by atoms with van der Waals surface area (Å²) in [5.41, 5.74) is 4.26. The van der Waals surface area contributed by atoms with Gasteiger partial charge in [-0.1, -0.05) is 50.6 Å². The average Bonchev–Trinajstić information content (AvgIpc) is 3.83. The standard InChI is InChI=1S/C32H22N6O2S4/c1-31(2)16(27-18(39-6)10-23(43-27)37-15(12-33)13-34)8-20-25(31)26-30(41-20)28-17(32(26,3)4)9-21(42-28)29-19(40-7)11-24(44-29)38-22(14-35)36-5/h8-11H,1-4,6-7H3. The Morgan fingerprint density at radius 3 is 2.02 bits per heavy atom. The van der Waals surface area contributed by atoms with Crippen LogP contribution in [0.4, 0.5) is 10.0 Å². The molecule has 0 saturated heterocycles. The summed E-state index contributed by atoms with van der Waals surface area (Å²) in [6, 6.07) is 11.3. The lowest BCUT2D eigenvalue weighted by atomic mass is 9.73. The molecule has 216 valence electrons. The number of thiophene rings is 4. The molecule has 0 saturated carbocycles. The maximum atomic E-state index is 9.19. The van der Waals surface area contributed by atoms with Crippen LogP contribution in [0.5, 0.6) is 11.5 Å². The predicted octanol–water partition coefficient (Wildman–Crippen LogP) is 9.35. The van der Waals surface area contributed by atoms with E-state index in [0.717, 1.165) is 20.2 Å². The van der Waals surface area contributed by atoms with E-state index >= 15 is 0 Å². The maximum absolute atomic E-state index is 9.19. The van der Waals surface area contributed by atoms with Gasteiger partial charge in [0, 0.05) is 42.5 Å². The van der Waals surface area contributed by atoms with E-state index in [4.69, 9.17) is 21.3 Å². The van der Waals surface area contributed by atoms with E-state index in [1.54, 1.807) is 49.0 Å². The summed E-state index contributed by atoms with van der Waals surface area (Å²) in [7, 11) is 3.23. The van der Waals surface area contributed by atoms with Gasteiger partial charge in [0.05, 0.1) is 24.0 Å². The van der Waals surface area contributed by atoms with Gasteiger partial charge in [-0.2, -0.15) is 10.5 Å². The van der Waals surface area contributed by atoms with Gasteiger partial charge in [0.15, 0.2) is 0 Å². The molecule has 0 fully saturated rings. The molecule has 6 rings (SSSR count). The molecule has 0 spiro atoms. The fraction of sp³-hybridized carbons (Fsp3) is 0.250. The van der Waals surface area contributed by atoms with Gasteiger partial charge in [0.25, 0.3) is 0 Å². The Morgan fingerprint density at radius 2 is 1.41 bits per heavy atom. The number of amidine groups is 1. The normalized spacial score (nSPS) is 15.1. The number of rotatable bonds is 6. The van der Waals surface area contributed by atoms with Crippen LogP contribution in [0, 0.1) is 40.6 Å². The van der Waals surface area contributed by atoms with Crippen LogP contribution in [0.2, 0.25) is 0 Å². The molecule has 2 aliphatic rings. The van der Waals surface area contributed by atoms with Crippen LogP contribution in [0.3, 0.4) is 0 Å². The zero-order valence-corrected chi connectivity index (χ0v) is 27.7. The molecule has 2 aliphatic carbocycles. The van der Waals surface area contributed by atoms with Crippen molar-refractivity contribution in [3.8, 4) is 49.2 Å². The Bertz CT molecular complexity index is 2120. The number of allylic oxidation sites excluding steroid dienone is 1. The minimum atomic E-state index is -0.328. The summed E-state index contributed by atoms with van der Waals surface area (Å²) in [5.74, 6) is 1.13. The van der Waals surface area contributed by atoms with E-state index in [1.807, 2.05) is 18.2 Å².